The third-order valence-corrected chi connectivity index (χ3v) is 3.90. The average Bonchev–Trinajstić information content (AvgIpc) is 2.29. The van der Waals surface area contributed by atoms with Crippen molar-refractivity contribution < 1.29 is 18.7 Å². The van der Waals surface area contributed by atoms with Gasteiger partial charge in [0, 0.05) is 0 Å². The zero-order valence-corrected chi connectivity index (χ0v) is 11.2. The second-order valence-electron chi connectivity index (χ2n) is 4.05. The summed E-state index contributed by atoms with van der Waals surface area (Å²) in [5.74, 6) is -1.68. The van der Waals surface area contributed by atoms with Gasteiger partial charge in [-0.05, 0) is 25.8 Å². The van der Waals surface area contributed by atoms with Gasteiger partial charge >= 0.3 is 5.97 Å². The zero-order chi connectivity index (χ0) is 13.9. The molecule has 0 amide bonds. The predicted molar refractivity (Wildman–Crippen MR) is 69.9 cm³/mol. The van der Waals surface area contributed by atoms with Crippen LogP contribution in [0, 0.1) is 5.92 Å². The molecule has 2 N–H and O–H groups in total. The molecule has 0 spiro atoms. The molecule has 0 aromatic carbocycles. The Morgan fingerprint density at radius 2 is 2.22 bits per heavy atom. The number of hydrogen-bond acceptors (Lipinski definition) is 2. The number of hydrogen-bond donors (Lipinski definition) is 2. The van der Waals surface area contributed by atoms with E-state index in [1.807, 2.05) is 0 Å². The maximum Gasteiger partial charge on any atom is 0.308 e. The standard InChI is InChI=1S/C12H17NO4S/c1-4-6-9-7-10(12(14)15)8(3)13(18(16)17)11(9)5-2/h4-6,8,10H,1,7H2,2-3H3,(H,14,15)(H,16,17)/b9-6-,11-5+/t8-,10?/m1/s1. The molecule has 1 aliphatic rings. The summed E-state index contributed by atoms with van der Waals surface area (Å²) >= 11 is -2.25. The van der Waals surface area contributed by atoms with Gasteiger partial charge in [-0.3, -0.25) is 13.7 Å². The van der Waals surface area contributed by atoms with E-state index in [1.54, 1.807) is 32.1 Å². The normalized spacial score (nSPS) is 30.5. The van der Waals surface area contributed by atoms with Crippen LogP contribution in [-0.4, -0.2) is 30.2 Å². The lowest BCUT2D eigenvalue weighted by Crippen LogP contribution is -2.46. The van der Waals surface area contributed by atoms with E-state index in [2.05, 4.69) is 6.58 Å². The number of carboxylic acids is 1. The van der Waals surface area contributed by atoms with Gasteiger partial charge in [0.25, 0.3) is 11.3 Å². The van der Waals surface area contributed by atoms with Gasteiger partial charge in [-0.25, -0.2) is 4.21 Å². The quantitative estimate of drug-likeness (QED) is 0.769. The molecule has 1 saturated heterocycles. The third-order valence-electron chi connectivity index (χ3n) is 3.04. The number of rotatable bonds is 3. The minimum Gasteiger partial charge on any atom is -0.481 e. The van der Waals surface area contributed by atoms with E-state index in [9.17, 15) is 18.7 Å². The average molecular weight is 271 g/mol. The lowest BCUT2D eigenvalue weighted by atomic mass is 9.86. The minimum atomic E-state index is -2.25. The molecule has 0 aromatic heterocycles. The van der Waals surface area contributed by atoms with E-state index in [1.165, 1.54) is 4.31 Å². The van der Waals surface area contributed by atoms with Crippen molar-refractivity contribution in [2.75, 3.05) is 0 Å². The fourth-order valence-corrected chi connectivity index (χ4v) is 2.99. The van der Waals surface area contributed by atoms with Crippen LogP contribution in [0.2, 0.25) is 0 Å². The van der Waals surface area contributed by atoms with Gasteiger partial charge < -0.3 is 5.11 Å². The van der Waals surface area contributed by atoms with E-state index in [-0.39, 0.29) is 0 Å². The molecule has 18 heavy (non-hydrogen) atoms. The van der Waals surface area contributed by atoms with Gasteiger partial charge in [0.2, 0.25) is 0 Å². The van der Waals surface area contributed by atoms with Crippen LogP contribution in [0.4, 0.5) is 0 Å². The molecule has 0 saturated carbocycles. The Hall–Kier alpha value is -1.40. The topological polar surface area (TPSA) is 77.8 Å². The Kier molecular flexibility index (Phi) is 4.86. The molecule has 0 bridgehead atoms. The number of piperidine rings is 1. The summed E-state index contributed by atoms with van der Waals surface area (Å²) in [6.45, 7) is 6.96. The Balaban J connectivity index is 3.28. The molecular weight excluding hydrogens is 254 g/mol. The van der Waals surface area contributed by atoms with Crippen molar-refractivity contribution in [1.29, 1.82) is 0 Å². The van der Waals surface area contributed by atoms with Crippen LogP contribution in [0.3, 0.4) is 0 Å². The van der Waals surface area contributed by atoms with Crippen LogP contribution in [0.5, 0.6) is 0 Å². The summed E-state index contributed by atoms with van der Waals surface area (Å²) in [6.07, 6.45) is 5.26. The van der Waals surface area contributed by atoms with Crippen LogP contribution in [0.25, 0.3) is 0 Å². The molecule has 1 aliphatic heterocycles. The molecule has 1 heterocycles. The maximum absolute atomic E-state index is 11.4. The lowest BCUT2D eigenvalue weighted by molar-refractivity contribution is -0.143. The summed E-state index contributed by atoms with van der Waals surface area (Å²) in [6, 6.07) is -0.540. The fraction of sp³-hybridized carbons (Fsp3) is 0.417. The molecule has 6 heteroatoms. The van der Waals surface area contributed by atoms with Gasteiger partial charge in [-0.2, -0.15) is 0 Å². The predicted octanol–water partition coefficient (Wildman–Crippen LogP) is 1.93. The monoisotopic (exact) mass is 271 g/mol. The van der Waals surface area contributed by atoms with Crippen molar-refractivity contribution in [3.05, 3.63) is 36.1 Å². The molecule has 0 radical (unpaired) electrons. The Morgan fingerprint density at radius 3 is 2.61 bits per heavy atom. The van der Waals surface area contributed by atoms with E-state index < -0.39 is 29.2 Å². The van der Waals surface area contributed by atoms with E-state index in [4.69, 9.17) is 0 Å². The molecule has 1 fully saturated rings. The Morgan fingerprint density at radius 1 is 1.61 bits per heavy atom. The number of carbonyl (C=O) groups is 1. The van der Waals surface area contributed by atoms with E-state index in [0.29, 0.717) is 17.7 Å². The highest BCUT2D eigenvalue weighted by Gasteiger charge is 2.39. The number of allylic oxidation sites excluding steroid dienone is 4. The summed E-state index contributed by atoms with van der Waals surface area (Å²) in [4.78, 5) is 11.2. The summed E-state index contributed by atoms with van der Waals surface area (Å²) in [7, 11) is 0. The minimum absolute atomic E-state index is 0.329. The maximum atomic E-state index is 11.4. The van der Waals surface area contributed by atoms with Crippen molar-refractivity contribution in [2.45, 2.75) is 26.3 Å². The largest absolute Gasteiger partial charge is 0.481 e. The second-order valence-corrected chi connectivity index (χ2v) is 4.90. The Labute approximate surface area is 109 Å². The van der Waals surface area contributed by atoms with E-state index >= 15 is 0 Å². The highest BCUT2D eigenvalue weighted by molar-refractivity contribution is 7.76. The first-order chi connectivity index (χ1) is 8.43. The smallest absolute Gasteiger partial charge is 0.308 e. The van der Waals surface area contributed by atoms with Gasteiger partial charge in [0.05, 0.1) is 17.7 Å². The highest BCUT2D eigenvalue weighted by atomic mass is 32.2. The van der Waals surface area contributed by atoms with Crippen molar-refractivity contribution in [2.24, 2.45) is 5.92 Å². The zero-order valence-electron chi connectivity index (χ0n) is 10.4. The van der Waals surface area contributed by atoms with Crippen molar-refractivity contribution >= 4 is 17.2 Å². The number of nitrogens with zero attached hydrogens (tertiary/aromatic N) is 1. The van der Waals surface area contributed by atoms with Crippen LogP contribution in [0.1, 0.15) is 20.3 Å². The molecule has 3 atom stereocenters. The van der Waals surface area contributed by atoms with Crippen LogP contribution >= 0.6 is 0 Å². The lowest BCUT2D eigenvalue weighted by Gasteiger charge is -2.39. The van der Waals surface area contributed by atoms with Gasteiger partial charge in [0.15, 0.2) is 0 Å². The number of carboxylic acid groups (broad SMARTS) is 1. The molecule has 2 unspecified atom stereocenters. The van der Waals surface area contributed by atoms with Gasteiger partial charge in [-0.15, -0.1) is 0 Å². The van der Waals surface area contributed by atoms with Crippen molar-refractivity contribution in [3.8, 4) is 0 Å². The van der Waals surface area contributed by atoms with E-state index in [0.717, 1.165) is 0 Å². The third kappa shape index (κ3) is 2.70. The first kappa shape index (κ1) is 14.7. The van der Waals surface area contributed by atoms with Crippen molar-refractivity contribution in [1.82, 2.24) is 4.31 Å². The molecule has 100 valence electrons. The molecule has 1 rings (SSSR count). The molecule has 5 nitrogen and oxygen atoms in total. The SMILES string of the molecule is C=C/C=C1/CC(C(=O)O)[C@@H](C)N(S(=O)O)/C1=C/C. The van der Waals surface area contributed by atoms with Crippen LogP contribution in [0.15, 0.2) is 36.1 Å². The first-order valence-corrected chi connectivity index (χ1v) is 6.61. The van der Waals surface area contributed by atoms with Gasteiger partial charge in [0.1, 0.15) is 0 Å². The molecule has 0 aromatic rings. The van der Waals surface area contributed by atoms with Crippen LogP contribution in [-0.2, 0) is 16.1 Å². The summed E-state index contributed by atoms with van der Waals surface area (Å²) < 4.78 is 22.0. The fourth-order valence-electron chi connectivity index (χ4n) is 2.16. The summed E-state index contributed by atoms with van der Waals surface area (Å²) in [5, 5.41) is 9.17. The summed E-state index contributed by atoms with van der Waals surface area (Å²) in [5.41, 5.74) is 1.29. The van der Waals surface area contributed by atoms with Crippen LogP contribution < -0.4 is 0 Å². The molecular formula is C12H17NO4S. The molecule has 0 aliphatic carbocycles. The second kappa shape index (κ2) is 5.97. The van der Waals surface area contributed by atoms with Gasteiger partial charge in [-0.1, -0.05) is 24.8 Å². The first-order valence-electron chi connectivity index (χ1n) is 5.55. The van der Waals surface area contributed by atoms with Crippen molar-refractivity contribution in [3.63, 3.8) is 0 Å². The number of aliphatic carboxylic acids is 1. The highest BCUT2D eigenvalue weighted by Crippen LogP contribution is 2.35. The Bertz CT molecular complexity index is 441.